The second-order valence-corrected chi connectivity index (χ2v) is 6.45. The van der Waals surface area contributed by atoms with Gasteiger partial charge < -0.3 is 20.6 Å². The van der Waals surface area contributed by atoms with E-state index >= 15 is 0 Å². The van der Waals surface area contributed by atoms with E-state index in [2.05, 4.69) is 10.6 Å². The van der Waals surface area contributed by atoms with Gasteiger partial charge in [0.05, 0.1) is 5.92 Å². The highest BCUT2D eigenvalue weighted by molar-refractivity contribution is 6.04. The molecule has 3 rings (SSSR count). The smallest absolute Gasteiger partial charge is 0.317 e. The van der Waals surface area contributed by atoms with Crippen LogP contribution in [0.25, 0.3) is 0 Å². The van der Waals surface area contributed by atoms with Gasteiger partial charge >= 0.3 is 12.0 Å². The SMILES string of the molecule is O=C(Nc1cccc(CNC(=O)N2CCC(C(=O)O)C2)c1)c1ccccc1. The van der Waals surface area contributed by atoms with Crippen LogP contribution in [0.1, 0.15) is 22.3 Å². The lowest BCUT2D eigenvalue weighted by molar-refractivity contribution is -0.141. The summed E-state index contributed by atoms with van der Waals surface area (Å²) in [5.74, 6) is -1.56. The summed E-state index contributed by atoms with van der Waals surface area (Å²) in [4.78, 5) is 36.9. The second kappa shape index (κ2) is 8.35. The number of amides is 3. The number of carbonyl (C=O) groups is 3. The third-order valence-electron chi connectivity index (χ3n) is 4.49. The summed E-state index contributed by atoms with van der Waals surface area (Å²) in [5.41, 5.74) is 2.05. The summed E-state index contributed by atoms with van der Waals surface area (Å²) < 4.78 is 0. The lowest BCUT2D eigenvalue weighted by Crippen LogP contribution is -2.38. The van der Waals surface area contributed by atoms with Crippen LogP contribution in [0.4, 0.5) is 10.5 Å². The van der Waals surface area contributed by atoms with Crippen LogP contribution in [0.2, 0.25) is 0 Å². The number of nitrogens with one attached hydrogen (secondary N) is 2. The normalized spacial score (nSPS) is 16.0. The van der Waals surface area contributed by atoms with E-state index in [1.807, 2.05) is 12.1 Å². The maximum absolute atomic E-state index is 12.2. The number of hydrogen-bond acceptors (Lipinski definition) is 3. The Morgan fingerprint density at radius 3 is 2.56 bits per heavy atom. The fraction of sp³-hybridized carbons (Fsp3) is 0.250. The van der Waals surface area contributed by atoms with Gasteiger partial charge in [0.15, 0.2) is 0 Å². The third kappa shape index (κ3) is 4.84. The highest BCUT2D eigenvalue weighted by Crippen LogP contribution is 2.17. The van der Waals surface area contributed by atoms with Gasteiger partial charge in [0.25, 0.3) is 5.91 Å². The van der Waals surface area contributed by atoms with Gasteiger partial charge in [0, 0.05) is 30.9 Å². The molecule has 0 spiro atoms. The molecule has 1 aliphatic heterocycles. The molecule has 3 amide bonds. The van der Waals surface area contributed by atoms with Crippen LogP contribution < -0.4 is 10.6 Å². The number of rotatable bonds is 5. The Kier molecular flexibility index (Phi) is 5.71. The van der Waals surface area contributed by atoms with Crippen LogP contribution >= 0.6 is 0 Å². The van der Waals surface area contributed by atoms with Crippen molar-refractivity contribution in [2.45, 2.75) is 13.0 Å². The average Bonchev–Trinajstić information content (AvgIpc) is 3.18. The molecule has 3 N–H and O–H groups in total. The first-order valence-electron chi connectivity index (χ1n) is 8.74. The number of urea groups is 1. The Bertz CT molecular complexity index is 838. The Morgan fingerprint density at radius 2 is 1.85 bits per heavy atom. The van der Waals surface area contributed by atoms with Gasteiger partial charge in [-0.05, 0) is 36.2 Å². The molecule has 0 bridgehead atoms. The van der Waals surface area contributed by atoms with Crippen molar-refractivity contribution in [2.75, 3.05) is 18.4 Å². The van der Waals surface area contributed by atoms with E-state index in [4.69, 9.17) is 5.11 Å². The number of carboxylic acid groups (broad SMARTS) is 1. The minimum absolute atomic E-state index is 0.200. The largest absolute Gasteiger partial charge is 0.481 e. The molecule has 27 heavy (non-hydrogen) atoms. The summed E-state index contributed by atoms with van der Waals surface area (Å²) in [6, 6.07) is 15.9. The van der Waals surface area contributed by atoms with Gasteiger partial charge in [-0.15, -0.1) is 0 Å². The molecule has 1 atom stereocenters. The standard InChI is InChI=1S/C20H21N3O4/c24-18(15-6-2-1-3-7-15)22-17-8-4-5-14(11-17)12-21-20(27)23-10-9-16(13-23)19(25)26/h1-8,11,16H,9-10,12-13H2,(H,21,27)(H,22,24)(H,25,26). The first kappa shape index (κ1) is 18.4. The predicted octanol–water partition coefficient (Wildman–Crippen LogP) is 2.56. The molecule has 7 heteroatoms. The topological polar surface area (TPSA) is 98.7 Å². The number of anilines is 1. The lowest BCUT2D eigenvalue weighted by Gasteiger charge is -2.17. The van der Waals surface area contributed by atoms with Crippen molar-refractivity contribution in [3.63, 3.8) is 0 Å². The van der Waals surface area contributed by atoms with Crippen LogP contribution in [0.5, 0.6) is 0 Å². The molecule has 1 saturated heterocycles. The molecule has 0 aromatic heterocycles. The zero-order valence-corrected chi connectivity index (χ0v) is 14.7. The molecule has 140 valence electrons. The molecule has 1 unspecified atom stereocenters. The van der Waals surface area contributed by atoms with Crippen LogP contribution in [0.3, 0.4) is 0 Å². The summed E-state index contributed by atoms with van der Waals surface area (Å²) in [5, 5.41) is 14.6. The number of hydrogen-bond donors (Lipinski definition) is 3. The van der Waals surface area contributed by atoms with E-state index in [0.717, 1.165) is 5.56 Å². The molecule has 0 saturated carbocycles. The summed E-state index contributed by atoms with van der Waals surface area (Å²) in [6.45, 7) is 0.965. The molecule has 1 aliphatic rings. The average molecular weight is 367 g/mol. The van der Waals surface area contributed by atoms with Crippen molar-refractivity contribution in [1.29, 1.82) is 0 Å². The van der Waals surface area contributed by atoms with Gasteiger partial charge in [-0.2, -0.15) is 0 Å². The molecule has 0 aliphatic carbocycles. The van der Waals surface area contributed by atoms with Crippen LogP contribution in [-0.4, -0.2) is 41.0 Å². The van der Waals surface area contributed by atoms with Crippen LogP contribution in [-0.2, 0) is 11.3 Å². The fourth-order valence-electron chi connectivity index (χ4n) is 2.99. The third-order valence-corrected chi connectivity index (χ3v) is 4.49. The molecule has 1 heterocycles. The molecule has 0 radical (unpaired) electrons. The zero-order chi connectivity index (χ0) is 19.2. The van der Waals surface area contributed by atoms with Gasteiger partial charge in [-0.3, -0.25) is 9.59 Å². The molecular formula is C20H21N3O4. The van der Waals surface area contributed by atoms with E-state index in [9.17, 15) is 14.4 Å². The zero-order valence-electron chi connectivity index (χ0n) is 14.7. The van der Waals surface area contributed by atoms with Crippen molar-refractivity contribution >= 4 is 23.6 Å². The molecule has 2 aromatic carbocycles. The Hall–Kier alpha value is -3.35. The summed E-state index contributed by atoms with van der Waals surface area (Å²) >= 11 is 0. The van der Waals surface area contributed by atoms with Crippen molar-refractivity contribution in [3.05, 3.63) is 65.7 Å². The molecule has 2 aromatic rings. The maximum Gasteiger partial charge on any atom is 0.317 e. The first-order chi connectivity index (χ1) is 13.0. The van der Waals surface area contributed by atoms with Crippen LogP contribution in [0, 0.1) is 5.92 Å². The van der Waals surface area contributed by atoms with Crippen molar-refractivity contribution in [3.8, 4) is 0 Å². The van der Waals surface area contributed by atoms with Crippen molar-refractivity contribution in [2.24, 2.45) is 5.92 Å². The summed E-state index contributed by atoms with van der Waals surface area (Å²) in [7, 11) is 0. The molecular weight excluding hydrogens is 346 g/mol. The Morgan fingerprint density at radius 1 is 1.07 bits per heavy atom. The number of nitrogens with zero attached hydrogens (tertiary/aromatic N) is 1. The molecule has 7 nitrogen and oxygen atoms in total. The van der Waals surface area contributed by atoms with E-state index in [0.29, 0.717) is 30.8 Å². The van der Waals surface area contributed by atoms with Crippen molar-refractivity contribution < 1.29 is 19.5 Å². The van der Waals surface area contributed by atoms with E-state index in [-0.39, 0.29) is 18.5 Å². The number of carbonyl (C=O) groups excluding carboxylic acids is 2. The minimum Gasteiger partial charge on any atom is -0.481 e. The van der Waals surface area contributed by atoms with E-state index in [1.165, 1.54) is 4.90 Å². The van der Waals surface area contributed by atoms with Crippen LogP contribution in [0.15, 0.2) is 54.6 Å². The minimum atomic E-state index is -0.868. The highest BCUT2D eigenvalue weighted by Gasteiger charge is 2.30. The van der Waals surface area contributed by atoms with Crippen molar-refractivity contribution in [1.82, 2.24) is 10.2 Å². The highest BCUT2D eigenvalue weighted by atomic mass is 16.4. The second-order valence-electron chi connectivity index (χ2n) is 6.45. The Labute approximate surface area is 157 Å². The maximum atomic E-state index is 12.2. The van der Waals surface area contributed by atoms with Gasteiger partial charge in [0.2, 0.25) is 0 Å². The predicted molar refractivity (Wildman–Crippen MR) is 100 cm³/mol. The van der Waals surface area contributed by atoms with Gasteiger partial charge in [-0.25, -0.2) is 4.79 Å². The lowest BCUT2D eigenvalue weighted by atomic mass is 10.1. The number of benzene rings is 2. The molecule has 1 fully saturated rings. The Balaban J connectivity index is 1.54. The first-order valence-corrected chi connectivity index (χ1v) is 8.74. The number of likely N-dealkylation sites (tertiary alicyclic amines) is 1. The fourth-order valence-corrected chi connectivity index (χ4v) is 2.99. The van der Waals surface area contributed by atoms with E-state index < -0.39 is 11.9 Å². The summed E-state index contributed by atoms with van der Waals surface area (Å²) in [6.07, 6.45) is 0.476. The van der Waals surface area contributed by atoms with E-state index in [1.54, 1.807) is 42.5 Å². The number of carboxylic acids is 1. The number of aliphatic carboxylic acids is 1. The quantitative estimate of drug-likeness (QED) is 0.756. The monoisotopic (exact) mass is 367 g/mol. The van der Waals surface area contributed by atoms with Gasteiger partial charge in [0.1, 0.15) is 0 Å². The van der Waals surface area contributed by atoms with Gasteiger partial charge in [-0.1, -0.05) is 30.3 Å².